The van der Waals surface area contributed by atoms with Crippen LogP contribution in [0.15, 0.2) is 18.2 Å². The topological polar surface area (TPSA) is 52.0 Å². The summed E-state index contributed by atoms with van der Waals surface area (Å²) in [6.07, 6.45) is 0.528. The average Bonchev–Trinajstić information content (AvgIpc) is 2.04. The zero-order valence-corrected chi connectivity index (χ0v) is 7.89. The second kappa shape index (κ2) is 4.56. The Kier molecular flexibility index (Phi) is 3.66. The molecule has 4 heteroatoms. The summed E-state index contributed by atoms with van der Waals surface area (Å²) in [7, 11) is 0. The summed E-state index contributed by atoms with van der Waals surface area (Å²) in [5.41, 5.74) is 11.4. The maximum atomic E-state index is 13.2. The number of benzene rings is 1. The van der Waals surface area contributed by atoms with Gasteiger partial charge in [-0.05, 0) is 25.1 Å². The Morgan fingerprint density at radius 2 is 2.15 bits per heavy atom. The number of halogens is 2. The lowest BCUT2D eigenvalue weighted by Crippen LogP contribution is -2.17. The number of nitrogens with two attached hydrogens (primary N) is 2. The molecule has 0 fully saturated rings. The fraction of sp³-hybridized carbons (Fsp3) is 0.333. The number of rotatable bonds is 3. The Hall–Kier alpha value is -0.640. The van der Waals surface area contributed by atoms with Gasteiger partial charge in [0.1, 0.15) is 5.82 Å². The molecule has 0 aliphatic rings. The van der Waals surface area contributed by atoms with E-state index in [1.54, 1.807) is 12.1 Å². The van der Waals surface area contributed by atoms with Crippen molar-refractivity contribution in [3.05, 3.63) is 34.6 Å². The molecular formula is C9H12ClFN2. The minimum atomic E-state index is -0.418. The molecule has 0 aromatic heterocycles. The molecule has 1 aromatic rings. The van der Waals surface area contributed by atoms with Crippen molar-refractivity contribution in [2.45, 2.75) is 12.5 Å². The summed E-state index contributed by atoms with van der Waals surface area (Å²) in [4.78, 5) is 0. The summed E-state index contributed by atoms with van der Waals surface area (Å²) < 4.78 is 13.2. The molecule has 0 saturated carbocycles. The lowest BCUT2D eigenvalue weighted by atomic mass is 10.0. The molecule has 13 heavy (non-hydrogen) atoms. The Balaban J connectivity index is 2.98. The molecule has 1 rings (SSSR count). The van der Waals surface area contributed by atoms with Gasteiger partial charge in [0.15, 0.2) is 0 Å². The first-order chi connectivity index (χ1) is 6.16. The van der Waals surface area contributed by atoms with Gasteiger partial charge in [0.25, 0.3) is 0 Å². The number of hydrogen-bond acceptors (Lipinski definition) is 2. The molecule has 4 N–H and O–H groups in total. The van der Waals surface area contributed by atoms with Crippen molar-refractivity contribution in [1.29, 1.82) is 0 Å². The van der Waals surface area contributed by atoms with Crippen LogP contribution in [0.4, 0.5) is 4.39 Å². The van der Waals surface area contributed by atoms with Crippen LogP contribution in [-0.4, -0.2) is 6.54 Å². The maximum Gasteiger partial charge on any atom is 0.129 e. The van der Waals surface area contributed by atoms with Gasteiger partial charge in [0, 0.05) is 16.6 Å². The van der Waals surface area contributed by atoms with Crippen LogP contribution in [0.5, 0.6) is 0 Å². The molecule has 0 amide bonds. The summed E-state index contributed by atoms with van der Waals surface area (Å²) in [6.45, 7) is 0.422. The average molecular weight is 203 g/mol. The van der Waals surface area contributed by atoms with Gasteiger partial charge >= 0.3 is 0 Å². The molecule has 2 nitrogen and oxygen atoms in total. The van der Waals surface area contributed by atoms with Crippen LogP contribution in [0.3, 0.4) is 0 Å². The lowest BCUT2D eigenvalue weighted by molar-refractivity contribution is 0.567. The standard InChI is InChI=1S/C9H12ClFN2/c10-6-2-1-3-7(11)9(6)8(13)4-5-12/h1-3,8H,4-5,12-13H2/t8-/m0/s1. The van der Waals surface area contributed by atoms with Crippen molar-refractivity contribution >= 4 is 11.6 Å². The molecule has 0 unspecified atom stereocenters. The van der Waals surface area contributed by atoms with E-state index in [1.165, 1.54) is 6.07 Å². The van der Waals surface area contributed by atoms with Gasteiger partial charge in [-0.15, -0.1) is 0 Å². The molecule has 1 atom stereocenters. The Bertz CT molecular complexity index is 271. The molecule has 0 aliphatic heterocycles. The highest BCUT2D eigenvalue weighted by molar-refractivity contribution is 6.31. The van der Waals surface area contributed by atoms with Crippen LogP contribution in [0, 0.1) is 5.82 Å². The predicted molar refractivity (Wildman–Crippen MR) is 52.0 cm³/mol. The highest BCUT2D eigenvalue weighted by Gasteiger charge is 2.13. The maximum absolute atomic E-state index is 13.2. The van der Waals surface area contributed by atoms with Crippen LogP contribution in [0.25, 0.3) is 0 Å². The van der Waals surface area contributed by atoms with Crippen LogP contribution < -0.4 is 11.5 Å². The van der Waals surface area contributed by atoms with E-state index >= 15 is 0 Å². The predicted octanol–water partition coefficient (Wildman–Crippen LogP) is 1.83. The Morgan fingerprint density at radius 3 is 2.69 bits per heavy atom. The molecule has 72 valence electrons. The zero-order valence-electron chi connectivity index (χ0n) is 7.13. The second-order valence-electron chi connectivity index (χ2n) is 2.82. The molecule has 1 aromatic carbocycles. The summed E-state index contributed by atoms with van der Waals surface area (Å²) in [6, 6.07) is 4.10. The third-order valence-electron chi connectivity index (χ3n) is 1.85. The number of hydrogen-bond donors (Lipinski definition) is 2. The van der Waals surface area contributed by atoms with Gasteiger partial charge in [-0.25, -0.2) is 4.39 Å². The van der Waals surface area contributed by atoms with Crippen LogP contribution in [0.1, 0.15) is 18.0 Å². The van der Waals surface area contributed by atoms with Gasteiger partial charge in [-0.2, -0.15) is 0 Å². The largest absolute Gasteiger partial charge is 0.330 e. The van der Waals surface area contributed by atoms with E-state index in [0.717, 1.165) is 0 Å². The third-order valence-corrected chi connectivity index (χ3v) is 2.18. The first-order valence-electron chi connectivity index (χ1n) is 4.06. The first-order valence-corrected chi connectivity index (χ1v) is 4.44. The quantitative estimate of drug-likeness (QED) is 0.786. The molecule has 0 heterocycles. The van der Waals surface area contributed by atoms with E-state index in [1.807, 2.05) is 0 Å². The lowest BCUT2D eigenvalue weighted by Gasteiger charge is -2.12. The van der Waals surface area contributed by atoms with Crippen LogP contribution in [0.2, 0.25) is 5.02 Å². The van der Waals surface area contributed by atoms with Gasteiger partial charge in [-0.3, -0.25) is 0 Å². The summed E-state index contributed by atoms with van der Waals surface area (Å²) in [5.74, 6) is -0.367. The minimum Gasteiger partial charge on any atom is -0.330 e. The SMILES string of the molecule is NCC[C@H](N)c1c(F)cccc1Cl. The van der Waals surface area contributed by atoms with Crippen molar-refractivity contribution < 1.29 is 4.39 Å². The van der Waals surface area contributed by atoms with Crippen LogP contribution >= 0.6 is 11.6 Å². The van der Waals surface area contributed by atoms with Crippen molar-refractivity contribution in [2.75, 3.05) is 6.54 Å². The molecule has 0 saturated heterocycles. The molecular weight excluding hydrogens is 191 g/mol. The smallest absolute Gasteiger partial charge is 0.129 e. The normalized spacial score (nSPS) is 12.9. The van der Waals surface area contributed by atoms with E-state index in [2.05, 4.69) is 0 Å². The Morgan fingerprint density at radius 1 is 1.46 bits per heavy atom. The van der Waals surface area contributed by atoms with Crippen molar-refractivity contribution in [3.8, 4) is 0 Å². The van der Waals surface area contributed by atoms with E-state index < -0.39 is 6.04 Å². The van der Waals surface area contributed by atoms with Gasteiger partial charge < -0.3 is 11.5 Å². The van der Waals surface area contributed by atoms with Gasteiger partial charge in [0.05, 0.1) is 0 Å². The highest BCUT2D eigenvalue weighted by Crippen LogP contribution is 2.25. The van der Waals surface area contributed by atoms with Gasteiger partial charge in [0.2, 0.25) is 0 Å². The monoisotopic (exact) mass is 202 g/mol. The zero-order chi connectivity index (χ0) is 9.84. The third kappa shape index (κ3) is 2.40. The van der Waals surface area contributed by atoms with E-state index in [-0.39, 0.29) is 5.82 Å². The summed E-state index contributed by atoms with van der Waals surface area (Å²) >= 11 is 5.80. The van der Waals surface area contributed by atoms with Crippen molar-refractivity contribution in [2.24, 2.45) is 11.5 Å². The van der Waals surface area contributed by atoms with Crippen molar-refractivity contribution in [3.63, 3.8) is 0 Å². The fourth-order valence-corrected chi connectivity index (χ4v) is 1.49. The Labute approximate surface area is 81.7 Å². The molecule has 0 radical (unpaired) electrons. The van der Waals surface area contributed by atoms with E-state index in [0.29, 0.717) is 23.6 Å². The fourth-order valence-electron chi connectivity index (χ4n) is 1.19. The molecule has 0 spiro atoms. The summed E-state index contributed by atoms with van der Waals surface area (Å²) in [5, 5.41) is 0.362. The highest BCUT2D eigenvalue weighted by atomic mass is 35.5. The minimum absolute atomic E-state index is 0.356. The molecule has 0 bridgehead atoms. The van der Waals surface area contributed by atoms with E-state index in [9.17, 15) is 4.39 Å². The van der Waals surface area contributed by atoms with E-state index in [4.69, 9.17) is 23.1 Å². The molecule has 0 aliphatic carbocycles. The van der Waals surface area contributed by atoms with Crippen LogP contribution in [-0.2, 0) is 0 Å². The first kappa shape index (κ1) is 10.4. The van der Waals surface area contributed by atoms with Gasteiger partial charge in [-0.1, -0.05) is 17.7 Å². The van der Waals surface area contributed by atoms with Crippen molar-refractivity contribution in [1.82, 2.24) is 0 Å². The second-order valence-corrected chi connectivity index (χ2v) is 3.23.